The normalized spacial score (nSPS) is 11.8. The first-order valence-electron chi connectivity index (χ1n) is 6.01. The van der Waals surface area contributed by atoms with Gasteiger partial charge in [-0.1, -0.05) is 0 Å². The number of nitrogens with zero attached hydrogens (tertiary/aromatic N) is 2. The van der Waals surface area contributed by atoms with E-state index >= 15 is 0 Å². The molecule has 0 spiro atoms. The van der Waals surface area contributed by atoms with Crippen LogP contribution in [0.15, 0.2) is 6.07 Å². The van der Waals surface area contributed by atoms with Crippen LogP contribution in [-0.4, -0.2) is 35.6 Å². The lowest BCUT2D eigenvalue weighted by molar-refractivity contribution is -0.121. The van der Waals surface area contributed by atoms with Gasteiger partial charge in [0.25, 0.3) is 0 Å². The van der Waals surface area contributed by atoms with E-state index in [1.54, 1.807) is 20.0 Å². The van der Waals surface area contributed by atoms with E-state index < -0.39 is 6.04 Å². The second kappa shape index (κ2) is 7.49. The molecule has 0 aliphatic rings. The van der Waals surface area contributed by atoms with Crippen LogP contribution in [0.25, 0.3) is 0 Å². The van der Waals surface area contributed by atoms with E-state index in [2.05, 4.69) is 26.0 Å². The van der Waals surface area contributed by atoms with Gasteiger partial charge >= 0.3 is 0 Å². The lowest BCUT2D eigenvalue weighted by Gasteiger charge is -2.14. The molecule has 1 amide bonds. The standard InChI is InChI=1S/C11H20N6O2/c1-4-19-6-10-15-8(5-9(16-10)17-12)14-7(2)11(18)13-3/h5,7H,4,6,12H2,1-3H3,(H,13,18)(H2,14,15,16,17). The third-order valence-corrected chi connectivity index (χ3v) is 2.36. The van der Waals surface area contributed by atoms with Gasteiger partial charge < -0.3 is 20.8 Å². The highest BCUT2D eigenvalue weighted by molar-refractivity contribution is 5.83. The van der Waals surface area contributed by atoms with Crippen molar-refractivity contribution in [2.24, 2.45) is 5.84 Å². The predicted octanol–water partition coefficient (Wildman–Crippen LogP) is -0.155. The molecule has 0 bridgehead atoms. The maximum atomic E-state index is 11.4. The first-order valence-corrected chi connectivity index (χ1v) is 6.01. The third-order valence-electron chi connectivity index (χ3n) is 2.36. The molecule has 1 unspecified atom stereocenters. The molecule has 19 heavy (non-hydrogen) atoms. The Hall–Kier alpha value is -1.93. The number of nitrogen functional groups attached to an aromatic ring is 1. The van der Waals surface area contributed by atoms with E-state index in [0.717, 1.165) is 0 Å². The first kappa shape index (κ1) is 15.1. The Kier molecular flexibility index (Phi) is 5.97. The zero-order valence-corrected chi connectivity index (χ0v) is 11.4. The molecule has 0 saturated carbocycles. The van der Waals surface area contributed by atoms with Crippen LogP contribution < -0.4 is 21.9 Å². The summed E-state index contributed by atoms with van der Waals surface area (Å²) in [6.07, 6.45) is 0. The molecule has 106 valence electrons. The number of rotatable bonds is 7. The lowest BCUT2D eigenvalue weighted by atomic mass is 10.3. The molecule has 0 fully saturated rings. The SMILES string of the molecule is CCOCc1nc(NN)cc(NC(C)C(=O)NC)n1. The van der Waals surface area contributed by atoms with Crippen molar-refractivity contribution in [2.75, 3.05) is 24.4 Å². The van der Waals surface area contributed by atoms with Crippen LogP contribution in [0, 0.1) is 0 Å². The fraction of sp³-hybridized carbons (Fsp3) is 0.545. The molecular formula is C11H20N6O2. The number of nitrogens with two attached hydrogens (primary N) is 1. The number of anilines is 2. The summed E-state index contributed by atoms with van der Waals surface area (Å²) in [6, 6.07) is 1.21. The molecule has 1 aromatic rings. The highest BCUT2D eigenvalue weighted by Gasteiger charge is 2.12. The van der Waals surface area contributed by atoms with Crippen molar-refractivity contribution < 1.29 is 9.53 Å². The molecule has 5 N–H and O–H groups in total. The van der Waals surface area contributed by atoms with Crippen LogP contribution in [0.5, 0.6) is 0 Å². The van der Waals surface area contributed by atoms with Gasteiger partial charge in [-0.3, -0.25) is 4.79 Å². The Morgan fingerprint density at radius 1 is 1.47 bits per heavy atom. The quantitative estimate of drug-likeness (QED) is 0.401. The van der Waals surface area contributed by atoms with Gasteiger partial charge in [0.15, 0.2) is 5.82 Å². The molecule has 0 saturated heterocycles. The summed E-state index contributed by atoms with van der Waals surface area (Å²) in [7, 11) is 1.58. The van der Waals surface area contributed by atoms with Crippen molar-refractivity contribution in [3.05, 3.63) is 11.9 Å². The van der Waals surface area contributed by atoms with Gasteiger partial charge in [0, 0.05) is 19.7 Å². The minimum Gasteiger partial charge on any atom is -0.374 e. The van der Waals surface area contributed by atoms with E-state index in [1.807, 2.05) is 6.92 Å². The third kappa shape index (κ3) is 4.68. The molecule has 0 aliphatic carbocycles. The van der Waals surface area contributed by atoms with Gasteiger partial charge in [-0.15, -0.1) is 0 Å². The molecule has 0 aliphatic heterocycles. The van der Waals surface area contributed by atoms with Gasteiger partial charge in [0.2, 0.25) is 5.91 Å². The Morgan fingerprint density at radius 2 is 2.16 bits per heavy atom. The van der Waals surface area contributed by atoms with Gasteiger partial charge in [-0.05, 0) is 13.8 Å². The summed E-state index contributed by atoms with van der Waals surface area (Å²) in [4.78, 5) is 19.8. The molecule has 0 aromatic carbocycles. The molecule has 1 atom stereocenters. The summed E-state index contributed by atoms with van der Waals surface area (Å²) in [6.45, 7) is 4.48. The first-order chi connectivity index (χ1) is 9.10. The average Bonchev–Trinajstić information content (AvgIpc) is 2.43. The van der Waals surface area contributed by atoms with Crippen molar-refractivity contribution in [1.82, 2.24) is 15.3 Å². The second-order valence-corrected chi connectivity index (χ2v) is 3.82. The number of hydrazine groups is 1. The second-order valence-electron chi connectivity index (χ2n) is 3.82. The smallest absolute Gasteiger partial charge is 0.241 e. The van der Waals surface area contributed by atoms with Crippen LogP contribution in [0.4, 0.5) is 11.6 Å². The summed E-state index contributed by atoms with van der Waals surface area (Å²) in [5, 5.41) is 5.52. The number of carbonyl (C=O) groups is 1. The number of nitrogens with one attached hydrogen (secondary N) is 3. The Balaban J connectivity index is 2.84. The van der Waals surface area contributed by atoms with Crippen molar-refractivity contribution in [2.45, 2.75) is 26.5 Å². The zero-order chi connectivity index (χ0) is 14.3. The predicted molar refractivity (Wildman–Crippen MR) is 72.3 cm³/mol. The fourth-order valence-electron chi connectivity index (χ4n) is 1.41. The summed E-state index contributed by atoms with van der Waals surface area (Å²) >= 11 is 0. The van der Waals surface area contributed by atoms with Crippen LogP contribution >= 0.6 is 0 Å². The van der Waals surface area contributed by atoms with Gasteiger partial charge in [-0.2, -0.15) is 0 Å². The van der Waals surface area contributed by atoms with E-state index in [0.29, 0.717) is 24.1 Å². The van der Waals surface area contributed by atoms with E-state index in [-0.39, 0.29) is 12.5 Å². The number of likely N-dealkylation sites (N-methyl/N-ethyl adjacent to an activating group) is 1. The maximum absolute atomic E-state index is 11.4. The van der Waals surface area contributed by atoms with E-state index in [4.69, 9.17) is 10.6 Å². The maximum Gasteiger partial charge on any atom is 0.241 e. The monoisotopic (exact) mass is 268 g/mol. The number of hydrogen-bond acceptors (Lipinski definition) is 7. The molecule has 1 rings (SSSR count). The van der Waals surface area contributed by atoms with Gasteiger partial charge in [0.1, 0.15) is 24.3 Å². The van der Waals surface area contributed by atoms with Gasteiger partial charge in [-0.25, -0.2) is 15.8 Å². The summed E-state index contributed by atoms with van der Waals surface area (Å²) in [5.41, 5.74) is 2.45. The number of carbonyl (C=O) groups excluding carboxylic acids is 1. The van der Waals surface area contributed by atoms with Crippen LogP contribution in [0.2, 0.25) is 0 Å². The highest BCUT2D eigenvalue weighted by atomic mass is 16.5. The van der Waals surface area contributed by atoms with E-state index in [1.165, 1.54) is 0 Å². The Bertz CT molecular complexity index is 426. The largest absolute Gasteiger partial charge is 0.374 e. The van der Waals surface area contributed by atoms with Crippen molar-refractivity contribution in [1.29, 1.82) is 0 Å². The van der Waals surface area contributed by atoms with Crippen LogP contribution in [-0.2, 0) is 16.1 Å². The summed E-state index contributed by atoms with van der Waals surface area (Å²) < 4.78 is 5.25. The molecule has 8 nitrogen and oxygen atoms in total. The molecule has 8 heteroatoms. The number of amides is 1. The lowest BCUT2D eigenvalue weighted by Crippen LogP contribution is -2.35. The van der Waals surface area contributed by atoms with Crippen molar-refractivity contribution >= 4 is 17.5 Å². The number of hydrogen-bond donors (Lipinski definition) is 4. The highest BCUT2D eigenvalue weighted by Crippen LogP contribution is 2.12. The van der Waals surface area contributed by atoms with Crippen molar-refractivity contribution in [3.63, 3.8) is 0 Å². The molecule has 1 heterocycles. The number of aromatic nitrogens is 2. The molecule has 0 radical (unpaired) electrons. The summed E-state index contributed by atoms with van der Waals surface area (Å²) in [5.74, 6) is 6.67. The minimum absolute atomic E-state index is 0.132. The van der Waals surface area contributed by atoms with Crippen LogP contribution in [0.1, 0.15) is 19.7 Å². The van der Waals surface area contributed by atoms with Gasteiger partial charge in [0.05, 0.1) is 0 Å². The minimum atomic E-state index is -0.412. The van der Waals surface area contributed by atoms with E-state index in [9.17, 15) is 4.79 Å². The average molecular weight is 268 g/mol. The Labute approximate surface area is 112 Å². The number of ether oxygens (including phenoxy) is 1. The molecule has 1 aromatic heterocycles. The Morgan fingerprint density at radius 3 is 2.74 bits per heavy atom. The fourth-order valence-corrected chi connectivity index (χ4v) is 1.41. The van der Waals surface area contributed by atoms with Crippen molar-refractivity contribution in [3.8, 4) is 0 Å². The van der Waals surface area contributed by atoms with Crippen LogP contribution in [0.3, 0.4) is 0 Å². The zero-order valence-electron chi connectivity index (χ0n) is 11.4. The topological polar surface area (TPSA) is 114 Å². The molecular weight excluding hydrogens is 248 g/mol.